The summed E-state index contributed by atoms with van der Waals surface area (Å²) in [4.78, 5) is 27.3. The molecule has 6 rings (SSSR count). The van der Waals surface area contributed by atoms with Gasteiger partial charge in [0.2, 0.25) is 5.95 Å². The van der Waals surface area contributed by atoms with Crippen LogP contribution in [0.2, 0.25) is 0 Å². The Bertz CT molecular complexity index is 1650. The van der Waals surface area contributed by atoms with Crippen LogP contribution in [-0.2, 0) is 7.05 Å². The molecule has 1 amide bonds. The van der Waals surface area contributed by atoms with E-state index in [0.717, 1.165) is 74.3 Å². The van der Waals surface area contributed by atoms with Crippen molar-refractivity contribution in [1.82, 2.24) is 34.5 Å². The van der Waals surface area contributed by atoms with Crippen molar-refractivity contribution in [2.24, 2.45) is 7.05 Å². The van der Waals surface area contributed by atoms with E-state index in [-0.39, 0.29) is 23.4 Å². The number of benzene rings is 1. The number of carbonyl (C=O) groups is 1. The van der Waals surface area contributed by atoms with Gasteiger partial charge in [0, 0.05) is 68.5 Å². The van der Waals surface area contributed by atoms with Gasteiger partial charge in [-0.1, -0.05) is 0 Å². The SMILES string of the molecule is Cc1c(-c2nccc(C(=O)Nc3nc4ccc(N5CCC(NCCN(C)C)CC5)cc4n3C3CCC(O)CC3)c2F)cnn1C. The van der Waals surface area contributed by atoms with E-state index in [1.165, 1.54) is 12.3 Å². The Morgan fingerprint density at radius 1 is 1.11 bits per heavy atom. The standard InChI is InChI=1S/C33H44FN9O2/c1-21-27(20-37-41(21)4)31-30(34)26(11-14-36-31)32(45)39-33-38-28-10-7-24(19-29(28)43(33)23-5-8-25(44)9-6-23)42-16-12-22(13-17-42)35-15-18-40(2)3/h7,10-11,14,19-20,22-23,25,35,44H,5-6,8-9,12-13,15-18H2,1-4H3,(H,38,39,45). The number of piperidine rings is 1. The van der Waals surface area contributed by atoms with Gasteiger partial charge in [-0.05, 0) is 83.8 Å². The molecule has 0 bridgehead atoms. The number of halogens is 1. The Hall–Kier alpha value is -3.87. The van der Waals surface area contributed by atoms with E-state index in [1.807, 2.05) is 13.0 Å². The van der Waals surface area contributed by atoms with E-state index >= 15 is 4.39 Å². The van der Waals surface area contributed by atoms with Crippen molar-refractivity contribution in [3.05, 3.63) is 53.7 Å². The summed E-state index contributed by atoms with van der Waals surface area (Å²) in [5.41, 5.74) is 4.09. The van der Waals surface area contributed by atoms with E-state index in [1.54, 1.807) is 17.9 Å². The first-order chi connectivity index (χ1) is 21.7. The molecule has 0 unspecified atom stereocenters. The van der Waals surface area contributed by atoms with Crippen LogP contribution < -0.4 is 15.5 Å². The maximum Gasteiger partial charge on any atom is 0.261 e. The van der Waals surface area contributed by atoms with Crippen molar-refractivity contribution in [3.8, 4) is 11.3 Å². The molecule has 12 heteroatoms. The van der Waals surface area contributed by atoms with Gasteiger partial charge in [0.05, 0.1) is 28.9 Å². The predicted molar refractivity (Wildman–Crippen MR) is 174 cm³/mol. The molecule has 45 heavy (non-hydrogen) atoms. The molecule has 1 aliphatic heterocycles. The highest BCUT2D eigenvalue weighted by Gasteiger charge is 2.28. The van der Waals surface area contributed by atoms with Gasteiger partial charge >= 0.3 is 0 Å². The topological polar surface area (TPSA) is 116 Å². The van der Waals surface area contributed by atoms with Crippen LogP contribution >= 0.6 is 0 Å². The maximum atomic E-state index is 15.8. The number of anilines is 2. The number of likely N-dealkylation sites (N-methyl/N-ethyl adjacent to an activating group) is 1. The van der Waals surface area contributed by atoms with Gasteiger partial charge in [-0.15, -0.1) is 0 Å². The first-order valence-corrected chi connectivity index (χ1v) is 16.0. The third-order valence-corrected chi connectivity index (χ3v) is 9.41. The summed E-state index contributed by atoms with van der Waals surface area (Å²) in [5, 5.41) is 21.0. The Balaban J connectivity index is 1.27. The van der Waals surface area contributed by atoms with Gasteiger partial charge in [-0.25, -0.2) is 9.37 Å². The lowest BCUT2D eigenvalue weighted by atomic mass is 9.93. The van der Waals surface area contributed by atoms with Crippen LogP contribution in [0.3, 0.4) is 0 Å². The zero-order valence-electron chi connectivity index (χ0n) is 26.6. The van der Waals surface area contributed by atoms with Crippen LogP contribution in [0.1, 0.15) is 60.6 Å². The molecule has 0 radical (unpaired) electrons. The van der Waals surface area contributed by atoms with Crippen molar-refractivity contribution in [3.63, 3.8) is 0 Å². The van der Waals surface area contributed by atoms with Crippen molar-refractivity contribution in [2.45, 2.75) is 63.6 Å². The molecule has 4 aromatic rings. The Morgan fingerprint density at radius 3 is 2.56 bits per heavy atom. The molecule has 1 aromatic carbocycles. The molecule has 0 atom stereocenters. The first-order valence-electron chi connectivity index (χ1n) is 16.0. The number of aliphatic hydroxyl groups excluding tert-OH is 1. The third-order valence-electron chi connectivity index (χ3n) is 9.41. The molecule has 4 heterocycles. The molecular weight excluding hydrogens is 573 g/mol. The number of nitrogens with zero attached hydrogens (tertiary/aromatic N) is 7. The summed E-state index contributed by atoms with van der Waals surface area (Å²) < 4.78 is 19.5. The van der Waals surface area contributed by atoms with Crippen LogP contribution in [-0.4, -0.2) is 92.6 Å². The molecule has 0 spiro atoms. The normalized spacial score (nSPS) is 19.5. The molecule has 1 saturated carbocycles. The summed E-state index contributed by atoms with van der Waals surface area (Å²) in [5.74, 6) is -0.904. The van der Waals surface area contributed by atoms with Gasteiger partial charge in [-0.3, -0.25) is 19.8 Å². The highest BCUT2D eigenvalue weighted by Crippen LogP contribution is 2.36. The number of amides is 1. The smallest absolute Gasteiger partial charge is 0.261 e. The Morgan fingerprint density at radius 2 is 1.87 bits per heavy atom. The average Bonchev–Trinajstić information content (AvgIpc) is 3.55. The number of aliphatic hydroxyl groups is 1. The Kier molecular flexibility index (Phi) is 9.16. The number of aryl methyl sites for hydroxylation is 1. The van der Waals surface area contributed by atoms with E-state index < -0.39 is 11.7 Å². The number of nitrogens with one attached hydrogen (secondary N) is 2. The fourth-order valence-corrected chi connectivity index (χ4v) is 6.59. The summed E-state index contributed by atoms with van der Waals surface area (Å²) in [6.07, 6.45) is 7.71. The van der Waals surface area contributed by atoms with Crippen molar-refractivity contribution in [1.29, 1.82) is 0 Å². The van der Waals surface area contributed by atoms with Crippen molar-refractivity contribution in [2.75, 3.05) is 50.5 Å². The van der Waals surface area contributed by atoms with Gasteiger partial charge in [-0.2, -0.15) is 5.10 Å². The number of fused-ring (bicyclic) bond motifs is 1. The zero-order valence-corrected chi connectivity index (χ0v) is 26.6. The number of pyridine rings is 1. The Labute approximate surface area is 263 Å². The van der Waals surface area contributed by atoms with Crippen LogP contribution in [0.25, 0.3) is 22.3 Å². The second kappa shape index (κ2) is 13.2. The van der Waals surface area contributed by atoms with Gasteiger partial charge < -0.3 is 24.8 Å². The van der Waals surface area contributed by atoms with E-state index in [9.17, 15) is 9.90 Å². The highest BCUT2D eigenvalue weighted by molar-refractivity contribution is 6.05. The number of hydrogen-bond acceptors (Lipinski definition) is 8. The summed E-state index contributed by atoms with van der Waals surface area (Å²) >= 11 is 0. The summed E-state index contributed by atoms with van der Waals surface area (Å²) in [6.45, 7) is 5.76. The summed E-state index contributed by atoms with van der Waals surface area (Å²) in [6, 6.07) is 8.22. The lowest BCUT2D eigenvalue weighted by Crippen LogP contribution is -2.44. The quantitative estimate of drug-likeness (QED) is 0.257. The van der Waals surface area contributed by atoms with Gasteiger partial charge in [0.1, 0.15) is 5.69 Å². The van der Waals surface area contributed by atoms with E-state index in [4.69, 9.17) is 4.98 Å². The molecule has 1 saturated heterocycles. The van der Waals surface area contributed by atoms with Gasteiger partial charge in [0.25, 0.3) is 5.91 Å². The number of hydrogen-bond donors (Lipinski definition) is 3. The fourth-order valence-electron chi connectivity index (χ4n) is 6.59. The highest BCUT2D eigenvalue weighted by atomic mass is 19.1. The van der Waals surface area contributed by atoms with E-state index in [0.29, 0.717) is 30.4 Å². The molecule has 2 fully saturated rings. The summed E-state index contributed by atoms with van der Waals surface area (Å²) in [7, 11) is 5.96. The minimum atomic E-state index is -0.698. The molecule has 2 aliphatic rings. The minimum Gasteiger partial charge on any atom is -0.393 e. The lowest BCUT2D eigenvalue weighted by Gasteiger charge is -2.34. The number of aromatic nitrogens is 5. The van der Waals surface area contributed by atoms with Crippen molar-refractivity contribution < 1.29 is 14.3 Å². The molecule has 240 valence electrons. The predicted octanol–water partition coefficient (Wildman–Crippen LogP) is 4.13. The molecule has 3 N–H and O–H groups in total. The maximum absolute atomic E-state index is 15.8. The molecule has 1 aliphatic carbocycles. The largest absolute Gasteiger partial charge is 0.393 e. The number of imidazole rings is 1. The van der Waals surface area contributed by atoms with Crippen LogP contribution in [0.5, 0.6) is 0 Å². The molecule has 11 nitrogen and oxygen atoms in total. The van der Waals surface area contributed by atoms with Crippen LogP contribution in [0.4, 0.5) is 16.0 Å². The monoisotopic (exact) mass is 617 g/mol. The number of carbonyl (C=O) groups excluding carboxylic acids is 1. The number of rotatable bonds is 9. The molecule has 3 aromatic heterocycles. The van der Waals surface area contributed by atoms with Crippen LogP contribution in [0, 0.1) is 12.7 Å². The minimum absolute atomic E-state index is 0.0477. The fraction of sp³-hybridized carbons (Fsp3) is 0.515. The van der Waals surface area contributed by atoms with E-state index in [2.05, 4.69) is 61.3 Å². The zero-order chi connectivity index (χ0) is 31.7. The second-order valence-electron chi connectivity index (χ2n) is 12.7. The van der Waals surface area contributed by atoms with Crippen LogP contribution in [0.15, 0.2) is 36.7 Å². The van der Waals surface area contributed by atoms with Gasteiger partial charge in [0.15, 0.2) is 5.82 Å². The second-order valence-corrected chi connectivity index (χ2v) is 12.7. The molecular formula is C33H44FN9O2. The third kappa shape index (κ3) is 6.58. The lowest BCUT2D eigenvalue weighted by molar-refractivity contribution is 0.101. The first kappa shape index (κ1) is 31.1. The average molecular weight is 618 g/mol. The van der Waals surface area contributed by atoms with Crippen molar-refractivity contribution >= 4 is 28.6 Å².